The van der Waals surface area contributed by atoms with Gasteiger partial charge in [-0.1, -0.05) is 149 Å². The van der Waals surface area contributed by atoms with Crippen molar-refractivity contribution in [3.8, 4) is 0 Å². The van der Waals surface area contributed by atoms with Gasteiger partial charge in [-0.25, -0.2) is 4.79 Å². The summed E-state index contributed by atoms with van der Waals surface area (Å²) in [5.74, 6) is 0.00535. The maximum Gasteiger partial charge on any atom is 0.508 e. The van der Waals surface area contributed by atoms with Crippen molar-refractivity contribution in [1.29, 1.82) is 0 Å². The normalized spacial score (nSPS) is 12.1. The van der Waals surface area contributed by atoms with Crippen LogP contribution in [0.5, 0.6) is 0 Å². The summed E-state index contributed by atoms with van der Waals surface area (Å²) in [4.78, 5) is 27.0. The molecule has 7 nitrogen and oxygen atoms in total. The number of hydrogen-bond donors (Lipinski definition) is 1. The van der Waals surface area contributed by atoms with Gasteiger partial charge in [0.25, 0.3) is 0 Å². The predicted octanol–water partition coefficient (Wildman–Crippen LogP) is 12.9. The van der Waals surface area contributed by atoms with Gasteiger partial charge in [-0.3, -0.25) is 4.79 Å². The summed E-state index contributed by atoms with van der Waals surface area (Å²) >= 11 is 0. The van der Waals surface area contributed by atoms with E-state index in [1.807, 2.05) is 6.92 Å². The van der Waals surface area contributed by atoms with Crippen LogP contribution in [0.2, 0.25) is 0 Å². The van der Waals surface area contributed by atoms with Gasteiger partial charge in [0.15, 0.2) is 0 Å². The molecule has 0 radical (unpaired) electrons. The van der Waals surface area contributed by atoms with Gasteiger partial charge in [0, 0.05) is 13.0 Å². The molecule has 1 N–H and O–H groups in total. The van der Waals surface area contributed by atoms with E-state index in [1.54, 1.807) is 0 Å². The molecule has 0 amide bonds. The van der Waals surface area contributed by atoms with Crippen LogP contribution in [-0.2, 0) is 19.0 Å². The van der Waals surface area contributed by atoms with E-state index in [2.05, 4.69) is 25.7 Å². The van der Waals surface area contributed by atoms with Gasteiger partial charge in [-0.15, -0.1) is 0 Å². The Bertz CT molecular complexity index is 718. The molecule has 1 unspecified atom stereocenters. The van der Waals surface area contributed by atoms with E-state index in [4.69, 9.17) is 14.2 Å². The summed E-state index contributed by atoms with van der Waals surface area (Å²) in [6, 6.07) is 0. The molecule has 0 rings (SSSR count). The number of ether oxygens (including phenoxy) is 3. The van der Waals surface area contributed by atoms with Crippen LogP contribution in [0.3, 0.4) is 0 Å². The highest BCUT2D eigenvalue weighted by Gasteiger charge is 2.15. The van der Waals surface area contributed by atoms with E-state index >= 15 is 0 Å². The Balaban J connectivity index is 4.03. The fourth-order valence-corrected chi connectivity index (χ4v) is 6.84. The summed E-state index contributed by atoms with van der Waals surface area (Å²) in [5.41, 5.74) is 0. The molecule has 0 aromatic heterocycles. The number of carbonyl (C=O) groups excluding carboxylic acids is 2. The van der Waals surface area contributed by atoms with E-state index in [0.29, 0.717) is 19.6 Å². The van der Waals surface area contributed by atoms with Crippen molar-refractivity contribution < 1.29 is 28.9 Å². The lowest BCUT2D eigenvalue weighted by molar-refractivity contribution is -0.150. The Kier molecular flexibility index (Phi) is 38.8. The van der Waals surface area contributed by atoms with Crippen LogP contribution in [0, 0.1) is 0 Å². The van der Waals surface area contributed by atoms with E-state index in [0.717, 1.165) is 96.6 Å². The van der Waals surface area contributed by atoms with Crippen LogP contribution in [0.1, 0.15) is 227 Å². The van der Waals surface area contributed by atoms with E-state index in [9.17, 15) is 14.7 Å². The fourth-order valence-electron chi connectivity index (χ4n) is 6.84. The van der Waals surface area contributed by atoms with Crippen molar-refractivity contribution in [2.75, 3.05) is 32.8 Å². The molecule has 0 aromatic rings. The number of nitrogens with zero attached hydrogens (tertiary/aromatic N) is 1. The van der Waals surface area contributed by atoms with Crippen molar-refractivity contribution in [1.82, 2.24) is 4.90 Å². The van der Waals surface area contributed by atoms with Crippen molar-refractivity contribution in [3.63, 3.8) is 0 Å². The number of hydrogen-bond acceptors (Lipinski definition) is 7. The minimum atomic E-state index is -0.534. The van der Waals surface area contributed by atoms with Crippen LogP contribution in [0.25, 0.3) is 0 Å². The fraction of sp³-hybridized carbons (Fsp3) is 0.955. The average Bonchev–Trinajstić information content (AvgIpc) is 3.11. The monoisotopic (exact) mass is 726 g/mol. The number of aliphatic hydroxyl groups excluding tert-OH is 1. The van der Waals surface area contributed by atoms with E-state index in [1.165, 1.54) is 109 Å². The highest BCUT2D eigenvalue weighted by Crippen LogP contribution is 2.18. The third-order valence-electron chi connectivity index (χ3n) is 10.2. The zero-order chi connectivity index (χ0) is 37.5. The Morgan fingerprint density at radius 1 is 0.510 bits per heavy atom. The first-order valence-corrected chi connectivity index (χ1v) is 22.3. The molecule has 0 aliphatic heterocycles. The number of esters is 1. The van der Waals surface area contributed by atoms with Crippen molar-refractivity contribution >= 4 is 12.1 Å². The summed E-state index contributed by atoms with van der Waals surface area (Å²) < 4.78 is 16.7. The summed E-state index contributed by atoms with van der Waals surface area (Å²) in [7, 11) is 0. The molecule has 0 bridgehead atoms. The summed E-state index contributed by atoms with van der Waals surface area (Å²) in [6.45, 7) is 12.0. The molecule has 0 saturated heterocycles. The quantitative estimate of drug-likeness (QED) is 0.0497. The molecule has 1 atom stereocenters. The third-order valence-corrected chi connectivity index (χ3v) is 10.2. The van der Waals surface area contributed by atoms with Crippen LogP contribution in [-0.4, -0.2) is 67.2 Å². The predicted molar refractivity (Wildman–Crippen MR) is 215 cm³/mol. The van der Waals surface area contributed by atoms with Gasteiger partial charge in [-0.05, 0) is 84.2 Å². The third kappa shape index (κ3) is 36.8. The molecule has 7 heteroatoms. The standard InChI is InChI=1S/C44H87NO6/c1-5-8-11-14-17-23-31-40-49-44(48)50-41(4)32-25-24-30-37-45(38-39-46)36-29-22-18-21-28-35-43(47)51-42(33-26-19-15-12-9-6-2)34-27-20-16-13-10-7-3/h41-42,46H,5-40H2,1-4H3. The maximum absolute atomic E-state index is 12.7. The highest BCUT2D eigenvalue weighted by molar-refractivity contribution is 5.69. The Labute approximate surface area is 317 Å². The summed E-state index contributed by atoms with van der Waals surface area (Å²) in [6.07, 6.45) is 35.2. The van der Waals surface area contributed by atoms with Gasteiger partial charge in [0.2, 0.25) is 0 Å². The lowest BCUT2D eigenvalue weighted by atomic mass is 10.0. The van der Waals surface area contributed by atoms with Gasteiger partial charge >= 0.3 is 12.1 Å². The number of rotatable bonds is 40. The number of unbranched alkanes of at least 4 members (excludes halogenated alkanes) is 22. The highest BCUT2D eigenvalue weighted by atomic mass is 16.7. The molecule has 0 heterocycles. The lowest BCUT2D eigenvalue weighted by Crippen LogP contribution is -2.29. The first-order valence-electron chi connectivity index (χ1n) is 22.3. The molecule has 0 spiro atoms. The zero-order valence-electron chi connectivity index (χ0n) is 34.5. The van der Waals surface area contributed by atoms with E-state index in [-0.39, 0.29) is 24.8 Å². The molecular formula is C44H87NO6. The van der Waals surface area contributed by atoms with Crippen molar-refractivity contribution in [2.24, 2.45) is 0 Å². The second-order valence-corrected chi connectivity index (χ2v) is 15.3. The summed E-state index contributed by atoms with van der Waals surface area (Å²) in [5, 5.41) is 9.56. The Morgan fingerprint density at radius 3 is 1.47 bits per heavy atom. The largest absolute Gasteiger partial charge is 0.508 e. The van der Waals surface area contributed by atoms with Crippen molar-refractivity contribution in [3.05, 3.63) is 0 Å². The second kappa shape index (κ2) is 39.9. The first kappa shape index (κ1) is 49.7. The Morgan fingerprint density at radius 2 is 0.941 bits per heavy atom. The van der Waals surface area contributed by atoms with Crippen LogP contribution < -0.4 is 0 Å². The molecule has 0 fully saturated rings. The van der Waals surface area contributed by atoms with E-state index < -0.39 is 6.16 Å². The zero-order valence-corrected chi connectivity index (χ0v) is 34.5. The van der Waals surface area contributed by atoms with Gasteiger partial charge in [-0.2, -0.15) is 0 Å². The minimum absolute atomic E-state index is 0.00535. The molecule has 0 aliphatic carbocycles. The molecule has 304 valence electrons. The van der Waals surface area contributed by atoms with Crippen LogP contribution >= 0.6 is 0 Å². The SMILES string of the molecule is CCCCCCCCCOC(=O)OC(C)CCCCCN(CCO)CCCCCCCC(=O)OC(CCCCCCCC)CCCCCCCC. The van der Waals surface area contributed by atoms with Crippen LogP contribution in [0.15, 0.2) is 0 Å². The first-order chi connectivity index (χ1) is 25.0. The van der Waals surface area contributed by atoms with Gasteiger partial charge in [0.1, 0.15) is 12.2 Å². The minimum Gasteiger partial charge on any atom is -0.462 e. The molecule has 0 aliphatic rings. The van der Waals surface area contributed by atoms with Crippen molar-refractivity contribution in [2.45, 2.75) is 239 Å². The molecule has 0 aromatic carbocycles. The Hall–Kier alpha value is -1.34. The topological polar surface area (TPSA) is 85.3 Å². The lowest BCUT2D eigenvalue weighted by Gasteiger charge is -2.21. The number of carbonyl (C=O) groups is 2. The van der Waals surface area contributed by atoms with Crippen LogP contribution in [0.4, 0.5) is 4.79 Å². The maximum atomic E-state index is 12.7. The second-order valence-electron chi connectivity index (χ2n) is 15.3. The molecule has 0 saturated carbocycles. The smallest absolute Gasteiger partial charge is 0.462 e. The van der Waals surface area contributed by atoms with Gasteiger partial charge in [0.05, 0.1) is 13.2 Å². The average molecular weight is 726 g/mol. The van der Waals surface area contributed by atoms with Gasteiger partial charge < -0.3 is 24.2 Å². The molecular weight excluding hydrogens is 638 g/mol. The number of aliphatic hydroxyl groups is 1. The molecule has 51 heavy (non-hydrogen) atoms.